The average Bonchev–Trinajstić information content (AvgIpc) is 3.41. The molecule has 0 radical (unpaired) electrons. The third-order valence-electron chi connectivity index (χ3n) is 6.35. The predicted molar refractivity (Wildman–Crippen MR) is 118 cm³/mol. The summed E-state index contributed by atoms with van der Waals surface area (Å²) in [6.45, 7) is 3.19. The molecule has 2 N–H and O–H groups in total. The fraction of sp³-hybridized carbons (Fsp3) is 0.409. The largest absolute Gasteiger partial charge is 0.378 e. The first-order valence-corrected chi connectivity index (χ1v) is 11.3. The third kappa shape index (κ3) is 3.68. The summed E-state index contributed by atoms with van der Waals surface area (Å²) < 4.78 is 67.1. The van der Waals surface area contributed by atoms with Crippen LogP contribution in [-0.2, 0) is 16.9 Å². The lowest BCUT2D eigenvalue weighted by atomic mass is 9.85. The zero-order valence-electron chi connectivity index (χ0n) is 18.2. The Bertz CT molecular complexity index is 1220. The highest BCUT2D eigenvalue weighted by Gasteiger charge is 2.71. The number of thioether (sulfide) groups is 1. The van der Waals surface area contributed by atoms with E-state index in [1.165, 1.54) is 13.0 Å². The van der Waals surface area contributed by atoms with Crippen molar-refractivity contribution in [3.05, 3.63) is 65.5 Å². The SMILES string of the molecule is Cc1noc(COC2C=CC=CN2c2cc(F)c(F)c([C@@]3(C)N=C(N)S[C@@]4(C(F)F)C[C@@H]34)c2)n1. The normalized spacial score (nSPS) is 30.0. The number of ether oxygens (including phenoxy) is 1. The molecule has 0 saturated heterocycles. The molecule has 34 heavy (non-hydrogen) atoms. The molecule has 1 aromatic carbocycles. The van der Waals surface area contributed by atoms with E-state index in [0.29, 0.717) is 5.82 Å². The number of hydrogen-bond donors (Lipinski definition) is 1. The Hall–Kier alpha value is -2.86. The van der Waals surface area contributed by atoms with Gasteiger partial charge in [-0.2, -0.15) is 4.98 Å². The van der Waals surface area contributed by atoms with Crippen molar-refractivity contribution in [2.75, 3.05) is 4.90 Å². The summed E-state index contributed by atoms with van der Waals surface area (Å²) in [7, 11) is 0. The summed E-state index contributed by atoms with van der Waals surface area (Å²) in [6.07, 6.45) is 3.53. The number of benzene rings is 1. The summed E-state index contributed by atoms with van der Waals surface area (Å²) in [4.78, 5) is 9.99. The number of aromatic nitrogens is 2. The minimum Gasteiger partial charge on any atom is -0.378 e. The average molecular weight is 496 g/mol. The molecule has 0 bridgehead atoms. The number of allylic oxidation sites excluding steroid dienone is 2. The Balaban J connectivity index is 1.49. The smallest absolute Gasteiger partial charge is 0.253 e. The molecule has 0 spiro atoms. The van der Waals surface area contributed by atoms with E-state index >= 15 is 4.39 Å². The van der Waals surface area contributed by atoms with Crippen LogP contribution in [0.5, 0.6) is 0 Å². The van der Waals surface area contributed by atoms with Crippen LogP contribution in [-0.4, -0.2) is 32.7 Å². The molecule has 1 saturated carbocycles. The molecule has 12 heteroatoms. The zero-order chi connectivity index (χ0) is 24.3. The highest BCUT2D eigenvalue weighted by molar-refractivity contribution is 8.15. The first kappa shape index (κ1) is 22.9. The Morgan fingerprint density at radius 1 is 1.32 bits per heavy atom. The number of aliphatic imine (C=N–C) groups is 1. The Kier molecular flexibility index (Phi) is 5.47. The lowest BCUT2D eigenvalue weighted by molar-refractivity contribution is 0.0566. The summed E-state index contributed by atoms with van der Waals surface area (Å²) in [5, 5.41) is 3.63. The molecule has 0 amide bonds. The number of amidine groups is 1. The fourth-order valence-corrected chi connectivity index (χ4v) is 5.94. The summed E-state index contributed by atoms with van der Waals surface area (Å²) >= 11 is 0.808. The van der Waals surface area contributed by atoms with E-state index in [9.17, 15) is 13.2 Å². The number of alkyl halides is 2. The topological polar surface area (TPSA) is 89.8 Å². The van der Waals surface area contributed by atoms with Gasteiger partial charge in [0.2, 0.25) is 0 Å². The molecule has 3 aliphatic rings. The number of nitrogens with zero attached hydrogens (tertiary/aromatic N) is 4. The predicted octanol–water partition coefficient (Wildman–Crippen LogP) is 4.39. The van der Waals surface area contributed by atoms with Gasteiger partial charge in [0.1, 0.15) is 6.61 Å². The van der Waals surface area contributed by atoms with Crippen LogP contribution < -0.4 is 10.6 Å². The molecule has 5 rings (SSSR count). The quantitative estimate of drug-likeness (QED) is 0.595. The number of anilines is 1. The molecular formula is C22H21F4N5O2S. The van der Waals surface area contributed by atoms with Gasteiger partial charge in [0.05, 0.1) is 10.3 Å². The number of halogens is 4. The molecule has 2 aromatic rings. The summed E-state index contributed by atoms with van der Waals surface area (Å²) in [6, 6.07) is 2.44. The van der Waals surface area contributed by atoms with E-state index in [1.807, 2.05) is 0 Å². The van der Waals surface area contributed by atoms with Crippen molar-refractivity contribution in [1.29, 1.82) is 0 Å². The third-order valence-corrected chi connectivity index (χ3v) is 7.66. The highest BCUT2D eigenvalue weighted by atomic mass is 32.2. The van der Waals surface area contributed by atoms with Crippen LogP contribution in [0.3, 0.4) is 0 Å². The zero-order valence-corrected chi connectivity index (χ0v) is 19.0. The molecule has 1 unspecified atom stereocenters. The Morgan fingerprint density at radius 2 is 2.12 bits per heavy atom. The first-order valence-electron chi connectivity index (χ1n) is 10.5. The number of rotatable bonds is 6. The minimum absolute atomic E-state index is 0.00846. The second-order valence-electron chi connectivity index (χ2n) is 8.57. The van der Waals surface area contributed by atoms with Crippen LogP contribution in [0.4, 0.5) is 23.2 Å². The first-order chi connectivity index (χ1) is 16.1. The van der Waals surface area contributed by atoms with Crippen molar-refractivity contribution in [3.63, 3.8) is 0 Å². The van der Waals surface area contributed by atoms with Crippen LogP contribution >= 0.6 is 11.8 Å². The minimum atomic E-state index is -2.67. The van der Waals surface area contributed by atoms with E-state index in [2.05, 4.69) is 15.1 Å². The number of hydrogen-bond acceptors (Lipinski definition) is 8. The number of aryl methyl sites for hydroxylation is 1. The molecule has 1 aromatic heterocycles. The van der Waals surface area contributed by atoms with Gasteiger partial charge in [0.15, 0.2) is 28.9 Å². The summed E-state index contributed by atoms with van der Waals surface area (Å²) in [5.41, 5.74) is 4.55. The van der Waals surface area contributed by atoms with E-state index in [1.54, 1.807) is 36.3 Å². The lowest BCUT2D eigenvalue weighted by Crippen LogP contribution is -2.39. The van der Waals surface area contributed by atoms with Gasteiger partial charge in [-0.05, 0) is 38.5 Å². The van der Waals surface area contributed by atoms with Crippen molar-refractivity contribution in [2.45, 2.75) is 49.8 Å². The Labute approximate surface area is 196 Å². The van der Waals surface area contributed by atoms with E-state index in [-0.39, 0.29) is 35.3 Å². The molecule has 7 nitrogen and oxygen atoms in total. The molecule has 1 fully saturated rings. The van der Waals surface area contributed by atoms with E-state index in [4.69, 9.17) is 15.0 Å². The van der Waals surface area contributed by atoms with E-state index in [0.717, 1.165) is 17.8 Å². The highest BCUT2D eigenvalue weighted by Crippen LogP contribution is 2.68. The van der Waals surface area contributed by atoms with Crippen molar-refractivity contribution in [1.82, 2.24) is 10.1 Å². The van der Waals surface area contributed by atoms with Crippen molar-refractivity contribution in [2.24, 2.45) is 16.6 Å². The van der Waals surface area contributed by atoms with Gasteiger partial charge in [0.25, 0.3) is 12.3 Å². The van der Waals surface area contributed by atoms with Crippen molar-refractivity contribution < 1.29 is 26.8 Å². The molecule has 3 heterocycles. The van der Waals surface area contributed by atoms with Gasteiger partial charge in [-0.1, -0.05) is 23.0 Å². The molecular weight excluding hydrogens is 474 g/mol. The van der Waals surface area contributed by atoms with Crippen LogP contribution in [0.1, 0.15) is 30.6 Å². The second-order valence-corrected chi connectivity index (χ2v) is 9.95. The van der Waals surface area contributed by atoms with Gasteiger partial charge >= 0.3 is 0 Å². The van der Waals surface area contributed by atoms with Crippen LogP contribution in [0.15, 0.2) is 46.1 Å². The second kappa shape index (κ2) is 8.12. The molecule has 180 valence electrons. The van der Waals surface area contributed by atoms with Gasteiger partial charge in [-0.15, -0.1) is 0 Å². The van der Waals surface area contributed by atoms with Crippen molar-refractivity contribution >= 4 is 22.6 Å². The molecule has 1 aliphatic carbocycles. The molecule has 4 atom stereocenters. The van der Waals surface area contributed by atoms with Gasteiger partial charge in [0, 0.05) is 29.4 Å². The maximum atomic E-state index is 15.1. The van der Waals surface area contributed by atoms with E-state index < -0.39 is 40.5 Å². The fourth-order valence-electron chi connectivity index (χ4n) is 4.60. The van der Waals surface area contributed by atoms with Gasteiger partial charge in [-0.3, -0.25) is 4.99 Å². The van der Waals surface area contributed by atoms with Crippen LogP contribution in [0.2, 0.25) is 0 Å². The Morgan fingerprint density at radius 3 is 2.82 bits per heavy atom. The van der Waals surface area contributed by atoms with Crippen molar-refractivity contribution in [3.8, 4) is 0 Å². The number of fused-ring (bicyclic) bond motifs is 1. The maximum Gasteiger partial charge on any atom is 0.253 e. The van der Waals surface area contributed by atoms with Gasteiger partial charge < -0.3 is 19.9 Å². The lowest BCUT2D eigenvalue weighted by Gasteiger charge is -2.35. The summed E-state index contributed by atoms with van der Waals surface area (Å²) in [5.74, 6) is -2.23. The van der Waals surface area contributed by atoms with Crippen LogP contribution in [0, 0.1) is 24.5 Å². The number of nitrogens with two attached hydrogens (primary N) is 1. The monoisotopic (exact) mass is 495 g/mol. The maximum absolute atomic E-state index is 15.1. The van der Waals surface area contributed by atoms with Gasteiger partial charge in [-0.25, -0.2) is 17.6 Å². The van der Waals surface area contributed by atoms with Crippen LogP contribution in [0.25, 0.3) is 0 Å². The molecule has 2 aliphatic heterocycles. The standard InChI is InChI=1S/C22H21F4N5O2S/c1-11-28-16(33-30-11)10-32-17-5-3-4-6-31(17)12-7-13(18(24)14(23)8-12)21(2)15-9-22(15,19(25)26)34-20(27)29-21/h3-8,15,17,19H,9-10H2,1-2H3,(H2,27,29)/t15-,17?,21+,22-/m0/s1.